The van der Waals surface area contributed by atoms with E-state index in [-0.39, 0.29) is 12.1 Å². The lowest BCUT2D eigenvalue weighted by Gasteiger charge is -2.41. The second-order valence-electron chi connectivity index (χ2n) is 6.83. The highest BCUT2D eigenvalue weighted by molar-refractivity contribution is 5.38. The summed E-state index contributed by atoms with van der Waals surface area (Å²) in [5.74, 6) is 0. The molecule has 1 aliphatic rings. The van der Waals surface area contributed by atoms with E-state index in [1.807, 2.05) is 60.7 Å². The van der Waals surface area contributed by atoms with Crippen LogP contribution in [0.15, 0.2) is 60.7 Å². The van der Waals surface area contributed by atoms with Crippen molar-refractivity contribution < 1.29 is 5.11 Å². The van der Waals surface area contributed by atoms with Crippen LogP contribution in [-0.2, 0) is 5.60 Å². The SMILES string of the molecule is CCC[C@@H](C#N)N1CCC[C@H]1C(O)(c1ccccc1)c1ccccc1. The topological polar surface area (TPSA) is 47.3 Å². The molecule has 1 N–H and O–H groups in total. The number of benzene rings is 2. The first kappa shape index (κ1) is 17.7. The van der Waals surface area contributed by atoms with Crippen molar-refractivity contribution in [3.63, 3.8) is 0 Å². The first-order valence-electron chi connectivity index (χ1n) is 9.20. The van der Waals surface area contributed by atoms with E-state index in [0.29, 0.717) is 0 Å². The molecular formula is C22H26N2O. The van der Waals surface area contributed by atoms with Gasteiger partial charge in [0.15, 0.2) is 0 Å². The minimum atomic E-state index is -1.11. The molecule has 0 aromatic heterocycles. The van der Waals surface area contributed by atoms with Crippen molar-refractivity contribution in [3.8, 4) is 6.07 Å². The Labute approximate surface area is 150 Å². The fraction of sp³-hybridized carbons (Fsp3) is 0.409. The van der Waals surface area contributed by atoms with Crippen LogP contribution in [0.25, 0.3) is 0 Å². The first-order valence-corrected chi connectivity index (χ1v) is 9.20. The van der Waals surface area contributed by atoms with E-state index >= 15 is 0 Å². The molecule has 0 radical (unpaired) electrons. The zero-order valence-corrected chi connectivity index (χ0v) is 14.8. The maximum Gasteiger partial charge on any atom is 0.130 e. The van der Waals surface area contributed by atoms with Gasteiger partial charge in [-0.25, -0.2) is 0 Å². The molecule has 25 heavy (non-hydrogen) atoms. The van der Waals surface area contributed by atoms with E-state index in [1.54, 1.807) is 0 Å². The molecule has 3 heteroatoms. The number of likely N-dealkylation sites (tertiary alicyclic amines) is 1. The molecule has 0 aliphatic carbocycles. The van der Waals surface area contributed by atoms with Crippen molar-refractivity contribution >= 4 is 0 Å². The van der Waals surface area contributed by atoms with Crippen LogP contribution in [-0.4, -0.2) is 28.6 Å². The van der Waals surface area contributed by atoms with E-state index in [1.165, 1.54) is 0 Å². The standard InChI is InChI=1S/C22H26N2O/c1-2-10-20(17-23)24-16-9-15-21(24)22(25,18-11-5-3-6-12-18)19-13-7-4-8-14-19/h3-8,11-14,20-21,25H,2,9-10,15-16H2,1H3/t20-,21-/m0/s1. The van der Waals surface area contributed by atoms with Gasteiger partial charge in [0.25, 0.3) is 0 Å². The normalized spacial score (nSPS) is 19.5. The van der Waals surface area contributed by atoms with E-state index in [4.69, 9.17) is 0 Å². The van der Waals surface area contributed by atoms with Gasteiger partial charge >= 0.3 is 0 Å². The van der Waals surface area contributed by atoms with Crippen LogP contribution >= 0.6 is 0 Å². The van der Waals surface area contributed by atoms with Gasteiger partial charge in [-0.2, -0.15) is 5.26 Å². The number of nitriles is 1. The molecule has 0 amide bonds. The molecule has 0 unspecified atom stereocenters. The minimum absolute atomic E-state index is 0.0894. The number of hydrogen-bond acceptors (Lipinski definition) is 3. The highest BCUT2D eigenvalue weighted by atomic mass is 16.3. The highest BCUT2D eigenvalue weighted by Gasteiger charge is 2.47. The van der Waals surface area contributed by atoms with Crippen molar-refractivity contribution in [2.75, 3.05) is 6.54 Å². The van der Waals surface area contributed by atoms with Gasteiger partial charge < -0.3 is 5.11 Å². The molecule has 3 rings (SSSR count). The van der Waals surface area contributed by atoms with E-state index in [2.05, 4.69) is 17.9 Å². The summed E-state index contributed by atoms with van der Waals surface area (Å²) in [4.78, 5) is 2.23. The molecule has 130 valence electrons. The molecule has 1 fully saturated rings. The van der Waals surface area contributed by atoms with Gasteiger partial charge in [0.2, 0.25) is 0 Å². The lowest BCUT2D eigenvalue weighted by molar-refractivity contribution is -0.0124. The van der Waals surface area contributed by atoms with Gasteiger partial charge in [-0.1, -0.05) is 74.0 Å². The third kappa shape index (κ3) is 3.33. The predicted molar refractivity (Wildman–Crippen MR) is 99.9 cm³/mol. The summed E-state index contributed by atoms with van der Waals surface area (Å²) >= 11 is 0. The van der Waals surface area contributed by atoms with Gasteiger partial charge in [-0.15, -0.1) is 0 Å². The van der Waals surface area contributed by atoms with Gasteiger partial charge in [0, 0.05) is 6.04 Å². The number of nitrogens with zero attached hydrogens (tertiary/aromatic N) is 2. The predicted octanol–water partition coefficient (Wildman–Crippen LogP) is 4.08. The Morgan fingerprint density at radius 2 is 1.68 bits per heavy atom. The quantitative estimate of drug-likeness (QED) is 0.866. The molecular weight excluding hydrogens is 308 g/mol. The molecule has 1 heterocycles. The summed E-state index contributed by atoms with van der Waals surface area (Å²) in [6, 6.07) is 22.0. The minimum Gasteiger partial charge on any atom is -0.379 e. The largest absolute Gasteiger partial charge is 0.379 e. The Kier molecular flexibility index (Phi) is 5.53. The van der Waals surface area contributed by atoms with Crippen LogP contribution in [0.3, 0.4) is 0 Å². The summed E-state index contributed by atoms with van der Waals surface area (Å²) in [5.41, 5.74) is 0.680. The van der Waals surface area contributed by atoms with Crippen molar-refractivity contribution in [2.24, 2.45) is 0 Å². The smallest absolute Gasteiger partial charge is 0.130 e. The Hall–Kier alpha value is -2.15. The molecule has 3 nitrogen and oxygen atoms in total. The average Bonchev–Trinajstić information content (AvgIpc) is 3.17. The summed E-state index contributed by atoms with van der Waals surface area (Å²) in [5, 5.41) is 21.7. The van der Waals surface area contributed by atoms with Crippen molar-refractivity contribution in [1.82, 2.24) is 4.90 Å². The summed E-state index contributed by atoms with van der Waals surface area (Å²) in [6.45, 7) is 2.97. The molecule has 1 aliphatic heterocycles. The van der Waals surface area contributed by atoms with Crippen LogP contribution in [0.5, 0.6) is 0 Å². The van der Waals surface area contributed by atoms with E-state index in [0.717, 1.165) is 43.4 Å². The Morgan fingerprint density at radius 1 is 1.12 bits per heavy atom. The summed E-state index contributed by atoms with van der Waals surface area (Å²) < 4.78 is 0. The summed E-state index contributed by atoms with van der Waals surface area (Å²) in [7, 11) is 0. The van der Waals surface area contributed by atoms with Crippen molar-refractivity contribution in [3.05, 3.63) is 71.8 Å². The molecule has 2 aromatic carbocycles. The van der Waals surface area contributed by atoms with Crippen LogP contribution < -0.4 is 0 Å². The number of rotatable bonds is 6. The van der Waals surface area contributed by atoms with Crippen molar-refractivity contribution in [2.45, 2.75) is 50.3 Å². The number of hydrogen-bond donors (Lipinski definition) is 1. The van der Waals surface area contributed by atoms with Crippen LogP contribution in [0.4, 0.5) is 0 Å². The van der Waals surface area contributed by atoms with Crippen LogP contribution in [0, 0.1) is 11.3 Å². The molecule has 0 bridgehead atoms. The van der Waals surface area contributed by atoms with E-state index < -0.39 is 5.60 Å². The zero-order chi connectivity index (χ0) is 17.7. The second-order valence-corrected chi connectivity index (χ2v) is 6.83. The van der Waals surface area contributed by atoms with Gasteiger partial charge in [0.1, 0.15) is 5.60 Å². The number of aliphatic hydroxyl groups is 1. The highest BCUT2D eigenvalue weighted by Crippen LogP contribution is 2.41. The van der Waals surface area contributed by atoms with Gasteiger partial charge in [0.05, 0.1) is 12.1 Å². The monoisotopic (exact) mass is 334 g/mol. The molecule has 2 aromatic rings. The van der Waals surface area contributed by atoms with E-state index in [9.17, 15) is 10.4 Å². The van der Waals surface area contributed by atoms with Gasteiger partial charge in [-0.05, 0) is 36.9 Å². The first-order chi connectivity index (χ1) is 12.2. The molecule has 1 saturated heterocycles. The fourth-order valence-electron chi connectivity index (χ4n) is 4.12. The van der Waals surface area contributed by atoms with Gasteiger partial charge in [-0.3, -0.25) is 4.90 Å². The maximum atomic E-state index is 12.0. The molecule has 2 atom stereocenters. The lowest BCUT2D eigenvalue weighted by Crippen LogP contribution is -2.51. The Bertz CT molecular complexity index is 668. The third-order valence-electron chi connectivity index (χ3n) is 5.32. The maximum absolute atomic E-state index is 12.0. The second kappa shape index (κ2) is 7.82. The Balaban J connectivity index is 2.07. The van der Waals surface area contributed by atoms with Crippen LogP contribution in [0.2, 0.25) is 0 Å². The average molecular weight is 334 g/mol. The summed E-state index contributed by atoms with van der Waals surface area (Å²) in [6.07, 6.45) is 3.71. The van der Waals surface area contributed by atoms with Crippen molar-refractivity contribution in [1.29, 1.82) is 5.26 Å². The fourth-order valence-corrected chi connectivity index (χ4v) is 4.12. The third-order valence-corrected chi connectivity index (χ3v) is 5.32. The zero-order valence-electron chi connectivity index (χ0n) is 14.8. The Morgan fingerprint density at radius 3 is 2.16 bits per heavy atom. The molecule has 0 spiro atoms. The van der Waals surface area contributed by atoms with Crippen LogP contribution in [0.1, 0.15) is 43.7 Å². The lowest BCUT2D eigenvalue weighted by atomic mass is 9.78. The molecule has 0 saturated carbocycles.